The van der Waals surface area contributed by atoms with Gasteiger partial charge in [-0.05, 0) is 25.5 Å². The molecule has 2 N–H and O–H groups in total. The Morgan fingerprint density at radius 1 is 1.42 bits per heavy atom. The molecule has 0 bridgehead atoms. The lowest BCUT2D eigenvalue weighted by Gasteiger charge is -2.14. The van der Waals surface area contributed by atoms with Crippen LogP contribution in [0.3, 0.4) is 0 Å². The van der Waals surface area contributed by atoms with Crippen molar-refractivity contribution in [1.29, 1.82) is 0 Å². The maximum Gasteiger partial charge on any atom is 0.255 e. The van der Waals surface area contributed by atoms with Crippen LogP contribution >= 0.6 is 0 Å². The van der Waals surface area contributed by atoms with Crippen LogP contribution in [0.5, 0.6) is 0 Å². The second-order valence-corrected chi connectivity index (χ2v) is 5.46. The molecular formula is C16H17FN6O. The molecule has 1 aromatic carbocycles. The predicted octanol–water partition coefficient (Wildman–Crippen LogP) is 2.02. The van der Waals surface area contributed by atoms with Gasteiger partial charge >= 0.3 is 0 Å². The molecular weight excluding hydrogens is 311 g/mol. The molecule has 1 unspecified atom stereocenters. The Balaban J connectivity index is 1.68. The van der Waals surface area contributed by atoms with Crippen molar-refractivity contribution >= 4 is 5.91 Å². The van der Waals surface area contributed by atoms with Gasteiger partial charge in [0.25, 0.3) is 5.91 Å². The second kappa shape index (κ2) is 7.03. The lowest BCUT2D eigenvalue weighted by Crippen LogP contribution is -2.33. The lowest BCUT2D eigenvalue weighted by molar-refractivity contribution is 0.0938. The van der Waals surface area contributed by atoms with Gasteiger partial charge in [0.2, 0.25) is 0 Å². The highest BCUT2D eigenvalue weighted by Crippen LogP contribution is 2.23. The number of aromatic nitrogens is 5. The summed E-state index contributed by atoms with van der Waals surface area (Å²) < 4.78 is 15.6. The van der Waals surface area contributed by atoms with Crippen LogP contribution < -0.4 is 5.32 Å². The zero-order chi connectivity index (χ0) is 16.9. The molecule has 1 amide bonds. The molecule has 8 heteroatoms. The Kier molecular flexibility index (Phi) is 4.64. The molecule has 0 aliphatic heterocycles. The Hall–Kier alpha value is -3.03. The number of rotatable bonds is 6. The minimum Gasteiger partial charge on any atom is -0.349 e. The van der Waals surface area contributed by atoms with Crippen molar-refractivity contribution in [3.63, 3.8) is 0 Å². The van der Waals surface area contributed by atoms with E-state index in [4.69, 9.17) is 0 Å². The first-order valence-corrected chi connectivity index (χ1v) is 7.56. The number of hydrogen-bond donors (Lipinski definition) is 2. The fraction of sp³-hybridized carbons (Fsp3) is 0.250. The van der Waals surface area contributed by atoms with Gasteiger partial charge in [0.05, 0.1) is 17.5 Å². The summed E-state index contributed by atoms with van der Waals surface area (Å²) in [6.07, 6.45) is 5.19. The Morgan fingerprint density at radius 2 is 2.25 bits per heavy atom. The van der Waals surface area contributed by atoms with Gasteiger partial charge in [-0.3, -0.25) is 14.6 Å². The summed E-state index contributed by atoms with van der Waals surface area (Å²) in [5.74, 6) is -0.705. The number of hydrogen-bond acceptors (Lipinski definition) is 4. The number of H-pyrrole nitrogens is 1. The molecule has 124 valence electrons. The molecule has 0 fully saturated rings. The molecule has 7 nitrogen and oxygen atoms in total. The van der Waals surface area contributed by atoms with E-state index in [0.717, 1.165) is 0 Å². The van der Waals surface area contributed by atoms with Crippen molar-refractivity contribution in [1.82, 2.24) is 30.3 Å². The molecule has 0 radical (unpaired) electrons. The first kappa shape index (κ1) is 15.9. The maximum atomic E-state index is 13.9. The van der Waals surface area contributed by atoms with Crippen molar-refractivity contribution in [2.75, 3.05) is 0 Å². The third-order valence-electron chi connectivity index (χ3n) is 3.66. The molecule has 3 rings (SSSR count). The SMILES string of the molecule is CC(CCn1cncn1)NC(=O)c1cn[nH]c1-c1ccccc1F. The fourth-order valence-corrected chi connectivity index (χ4v) is 2.38. The minimum absolute atomic E-state index is 0.0786. The summed E-state index contributed by atoms with van der Waals surface area (Å²) >= 11 is 0. The number of aryl methyl sites for hydroxylation is 1. The van der Waals surface area contributed by atoms with Crippen LogP contribution in [0.25, 0.3) is 11.3 Å². The minimum atomic E-state index is -0.407. The monoisotopic (exact) mass is 328 g/mol. The van der Waals surface area contributed by atoms with Gasteiger partial charge < -0.3 is 5.32 Å². The van der Waals surface area contributed by atoms with E-state index in [9.17, 15) is 9.18 Å². The Morgan fingerprint density at radius 3 is 3.00 bits per heavy atom. The standard InChI is InChI=1S/C16H17FN6O/c1-11(6-7-23-10-18-9-20-23)21-16(24)13-8-19-22-15(13)12-4-2-3-5-14(12)17/h2-5,8-11H,6-7H2,1H3,(H,19,22)(H,21,24). The predicted molar refractivity (Wildman–Crippen MR) is 85.5 cm³/mol. The summed E-state index contributed by atoms with van der Waals surface area (Å²) in [7, 11) is 0. The third-order valence-corrected chi connectivity index (χ3v) is 3.66. The highest BCUT2D eigenvalue weighted by atomic mass is 19.1. The van der Waals surface area contributed by atoms with Gasteiger partial charge in [0, 0.05) is 18.2 Å². The zero-order valence-electron chi connectivity index (χ0n) is 13.1. The normalized spacial score (nSPS) is 12.1. The molecule has 0 saturated heterocycles. The van der Waals surface area contributed by atoms with Gasteiger partial charge in [0.1, 0.15) is 18.5 Å². The molecule has 0 aliphatic rings. The van der Waals surface area contributed by atoms with E-state index in [0.29, 0.717) is 29.8 Å². The molecule has 2 heterocycles. The molecule has 1 atom stereocenters. The molecule has 0 spiro atoms. The van der Waals surface area contributed by atoms with E-state index in [-0.39, 0.29) is 11.9 Å². The first-order chi connectivity index (χ1) is 11.6. The fourth-order valence-electron chi connectivity index (χ4n) is 2.38. The zero-order valence-corrected chi connectivity index (χ0v) is 13.1. The average Bonchev–Trinajstić information content (AvgIpc) is 3.25. The molecule has 0 saturated carbocycles. The van der Waals surface area contributed by atoms with E-state index in [1.807, 2.05) is 6.92 Å². The van der Waals surface area contributed by atoms with Gasteiger partial charge in [-0.1, -0.05) is 12.1 Å². The van der Waals surface area contributed by atoms with Gasteiger partial charge in [-0.15, -0.1) is 0 Å². The molecule has 24 heavy (non-hydrogen) atoms. The molecule has 0 aliphatic carbocycles. The number of benzene rings is 1. The lowest BCUT2D eigenvalue weighted by atomic mass is 10.1. The maximum absolute atomic E-state index is 13.9. The van der Waals surface area contributed by atoms with Crippen LogP contribution in [0, 0.1) is 5.82 Å². The number of aromatic amines is 1. The number of halogens is 1. The number of nitrogens with one attached hydrogen (secondary N) is 2. The van der Waals surface area contributed by atoms with E-state index in [2.05, 4.69) is 25.6 Å². The highest BCUT2D eigenvalue weighted by molar-refractivity contribution is 5.99. The van der Waals surface area contributed by atoms with Crippen molar-refractivity contribution in [3.8, 4) is 11.3 Å². The van der Waals surface area contributed by atoms with Gasteiger partial charge in [-0.2, -0.15) is 10.2 Å². The number of amides is 1. The van der Waals surface area contributed by atoms with E-state index in [1.54, 1.807) is 29.2 Å². The number of nitrogens with zero attached hydrogens (tertiary/aromatic N) is 4. The summed E-state index contributed by atoms with van der Waals surface area (Å²) in [6.45, 7) is 2.55. The van der Waals surface area contributed by atoms with Crippen LogP contribution in [0.4, 0.5) is 4.39 Å². The van der Waals surface area contributed by atoms with E-state index in [1.165, 1.54) is 18.6 Å². The topological polar surface area (TPSA) is 88.5 Å². The second-order valence-electron chi connectivity index (χ2n) is 5.46. The Bertz CT molecular complexity index is 814. The molecule has 3 aromatic rings. The van der Waals surface area contributed by atoms with Crippen molar-refractivity contribution in [2.45, 2.75) is 25.9 Å². The number of carbonyl (C=O) groups excluding carboxylic acids is 1. The van der Waals surface area contributed by atoms with Crippen LogP contribution in [0.2, 0.25) is 0 Å². The Labute approximate surface area is 137 Å². The van der Waals surface area contributed by atoms with Crippen molar-refractivity contribution < 1.29 is 9.18 Å². The van der Waals surface area contributed by atoms with Crippen molar-refractivity contribution in [3.05, 3.63) is 54.5 Å². The van der Waals surface area contributed by atoms with E-state index < -0.39 is 5.82 Å². The van der Waals surface area contributed by atoms with Crippen LogP contribution in [-0.4, -0.2) is 36.9 Å². The van der Waals surface area contributed by atoms with Gasteiger partial charge in [-0.25, -0.2) is 9.37 Å². The summed E-state index contributed by atoms with van der Waals surface area (Å²) in [6, 6.07) is 6.18. The molecule has 2 aromatic heterocycles. The number of carbonyl (C=O) groups is 1. The van der Waals surface area contributed by atoms with Crippen LogP contribution in [-0.2, 0) is 6.54 Å². The van der Waals surface area contributed by atoms with Crippen LogP contribution in [0.1, 0.15) is 23.7 Å². The first-order valence-electron chi connectivity index (χ1n) is 7.56. The smallest absolute Gasteiger partial charge is 0.255 e. The summed E-state index contributed by atoms with van der Waals surface area (Å²) in [5, 5.41) is 13.5. The van der Waals surface area contributed by atoms with Crippen molar-refractivity contribution in [2.24, 2.45) is 0 Å². The highest BCUT2D eigenvalue weighted by Gasteiger charge is 2.19. The van der Waals surface area contributed by atoms with E-state index >= 15 is 0 Å². The average molecular weight is 328 g/mol. The third kappa shape index (κ3) is 3.48. The summed E-state index contributed by atoms with van der Waals surface area (Å²) in [5.41, 5.74) is 0.997. The largest absolute Gasteiger partial charge is 0.349 e. The van der Waals surface area contributed by atoms with Gasteiger partial charge in [0.15, 0.2) is 0 Å². The quantitative estimate of drug-likeness (QED) is 0.724. The summed E-state index contributed by atoms with van der Waals surface area (Å²) in [4.78, 5) is 16.3. The van der Waals surface area contributed by atoms with Crippen LogP contribution in [0.15, 0.2) is 43.1 Å².